The van der Waals surface area contributed by atoms with Crippen molar-refractivity contribution >= 4 is 22.9 Å². The number of rotatable bonds is 5. The third-order valence-corrected chi connectivity index (χ3v) is 3.69. The molecule has 0 aliphatic rings. The summed E-state index contributed by atoms with van der Waals surface area (Å²) in [4.78, 5) is 0. The highest BCUT2D eigenvalue weighted by Crippen LogP contribution is 2.26. The number of benzene rings is 1. The lowest BCUT2D eigenvalue weighted by atomic mass is 10.1. The molecule has 1 nitrogen and oxygen atoms in total. The van der Waals surface area contributed by atoms with Gasteiger partial charge in [-0.3, -0.25) is 0 Å². The van der Waals surface area contributed by atoms with Crippen LogP contribution in [0.1, 0.15) is 18.9 Å². The molecule has 1 N–H and O–H groups in total. The lowest BCUT2D eigenvalue weighted by molar-refractivity contribution is 0.676. The Balaban J connectivity index is 2.18. The Bertz CT molecular complexity index is 465. The van der Waals surface area contributed by atoms with Gasteiger partial charge in [-0.25, -0.2) is 0 Å². The summed E-state index contributed by atoms with van der Waals surface area (Å²) in [6.45, 7) is 4.03. The van der Waals surface area contributed by atoms with Crippen molar-refractivity contribution in [1.29, 1.82) is 0 Å². The quantitative estimate of drug-likeness (QED) is 0.781. The highest BCUT2D eigenvalue weighted by atomic mass is 35.5. The SMILES string of the molecule is CCCNCc1cc(-c2ccsc2)ccc1Cl. The van der Waals surface area contributed by atoms with Crippen LogP contribution in [0.25, 0.3) is 11.1 Å². The van der Waals surface area contributed by atoms with Gasteiger partial charge in [0.2, 0.25) is 0 Å². The molecule has 0 aliphatic carbocycles. The van der Waals surface area contributed by atoms with Gasteiger partial charge in [0, 0.05) is 11.6 Å². The van der Waals surface area contributed by atoms with Gasteiger partial charge in [0.1, 0.15) is 0 Å². The van der Waals surface area contributed by atoms with Crippen LogP contribution in [0.4, 0.5) is 0 Å². The molecular weight excluding hydrogens is 250 g/mol. The number of nitrogens with one attached hydrogen (secondary N) is 1. The Morgan fingerprint density at radius 2 is 2.12 bits per heavy atom. The minimum atomic E-state index is 0.838. The van der Waals surface area contributed by atoms with Gasteiger partial charge in [-0.1, -0.05) is 24.6 Å². The topological polar surface area (TPSA) is 12.0 Å². The van der Waals surface area contributed by atoms with Crippen LogP contribution >= 0.6 is 22.9 Å². The molecule has 3 heteroatoms. The average Bonchev–Trinajstić information content (AvgIpc) is 2.85. The fourth-order valence-electron chi connectivity index (χ4n) is 1.72. The van der Waals surface area contributed by atoms with E-state index in [1.165, 1.54) is 16.7 Å². The fourth-order valence-corrected chi connectivity index (χ4v) is 2.57. The molecule has 0 saturated carbocycles. The van der Waals surface area contributed by atoms with Crippen molar-refractivity contribution in [3.8, 4) is 11.1 Å². The molecule has 0 atom stereocenters. The highest BCUT2D eigenvalue weighted by molar-refractivity contribution is 7.08. The average molecular weight is 266 g/mol. The third-order valence-electron chi connectivity index (χ3n) is 2.64. The fraction of sp³-hybridized carbons (Fsp3) is 0.286. The maximum absolute atomic E-state index is 6.20. The molecule has 0 aliphatic heterocycles. The van der Waals surface area contributed by atoms with Crippen molar-refractivity contribution < 1.29 is 0 Å². The minimum absolute atomic E-state index is 0.838. The van der Waals surface area contributed by atoms with Gasteiger partial charge in [-0.15, -0.1) is 0 Å². The predicted octanol–water partition coefficient (Wildman–Crippen LogP) is 4.57. The summed E-state index contributed by atoms with van der Waals surface area (Å²) in [7, 11) is 0. The molecule has 0 amide bonds. The third kappa shape index (κ3) is 3.32. The van der Waals surface area contributed by atoms with E-state index in [0.29, 0.717) is 0 Å². The normalized spacial score (nSPS) is 10.7. The number of hydrogen-bond acceptors (Lipinski definition) is 2. The van der Waals surface area contributed by atoms with Crippen molar-refractivity contribution in [2.45, 2.75) is 19.9 Å². The van der Waals surface area contributed by atoms with Crippen LogP contribution in [0, 0.1) is 0 Å². The van der Waals surface area contributed by atoms with E-state index in [1.54, 1.807) is 11.3 Å². The molecule has 0 saturated heterocycles. The van der Waals surface area contributed by atoms with Crippen LogP contribution in [0.5, 0.6) is 0 Å². The summed E-state index contributed by atoms with van der Waals surface area (Å²) in [5, 5.41) is 8.48. The second-order valence-corrected chi connectivity index (χ2v) is 5.18. The molecule has 0 bridgehead atoms. The van der Waals surface area contributed by atoms with Crippen LogP contribution in [0.15, 0.2) is 35.0 Å². The molecule has 90 valence electrons. The predicted molar refractivity (Wildman–Crippen MR) is 76.8 cm³/mol. The second-order valence-electron chi connectivity index (χ2n) is 3.99. The molecule has 2 rings (SSSR count). The van der Waals surface area contributed by atoms with Crippen LogP contribution < -0.4 is 5.32 Å². The number of thiophene rings is 1. The Kier molecular flexibility index (Phi) is 4.60. The first-order valence-corrected chi connectivity index (χ1v) is 7.15. The summed E-state index contributed by atoms with van der Waals surface area (Å²) in [5.74, 6) is 0. The maximum Gasteiger partial charge on any atom is 0.0451 e. The zero-order valence-corrected chi connectivity index (χ0v) is 11.4. The minimum Gasteiger partial charge on any atom is -0.313 e. The molecular formula is C14H16ClNS. The largest absolute Gasteiger partial charge is 0.313 e. The Morgan fingerprint density at radius 3 is 2.82 bits per heavy atom. The van der Waals surface area contributed by atoms with Crippen LogP contribution in [0.3, 0.4) is 0 Å². The first-order chi connectivity index (χ1) is 8.31. The molecule has 1 heterocycles. The summed E-state index contributed by atoms with van der Waals surface area (Å²) in [5.41, 5.74) is 3.68. The summed E-state index contributed by atoms with van der Waals surface area (Å²) in [6, 6.07) is 8.37. The van der Waals surface area contributed by atoms with E-state index in [-0.39, 0.29) is 0 Å². The lowest BCUT2D eigenvalue weighted by Gasteiger charge is -2.08. The second kappa shape index (κ2) is 6.20. The van der Waals surface area contributed by atoms with E-state index in [1.807, 2.05) is 6.07 Å². The maximum atomic E-state index is 6.20. The molecule has 17 heavy (non-hydrogen) atoms. The van der Waals surface area contributed by atoms with E-state index in [9.17, 15) is 0 Å². The smallest absolute Gasteiger partial charge is 0.0451 e. The zero-order valence-electron chi connectivity index (χ0n) is 9.87. The van der Waals surface area contributed by atoms with E-state index >= 15 is 0 Å². The standard InChI is InChI=1S/C14H16ClNS/c1-2-6-16-9-13-8-11(3-4-14(13)15)12-5-7-17-10-12/h3-5,7-8,10,16H,2,6,9H2,1H3. The van der Waals surface area contributed by atoms with Crippen molar-refractivity contribution in [2.75, 3.05) is 6.54 Å². The van der Waals surface area contributed by atoms with Crippen molar-refractivity contribution in [3.63, 3.8) is 0 Å². The van der Waals surface area contributed by atoms with Crippen molar-refractivity contribution in [3.05, 3.63) is 45.6 Å². The van der Waals surface area contributed by atoms with Gasteiger partial charge < -0.3 is 5.32 Å². The van der Waals surface area contributed by atoms with Crippen LogP contribution in [-0.2, 0) is 6.54 Å². The number of halogens is 1. The first-order valence-electron chi connectivity index (χ1n) is 5.83. The van der Waals surface area contributed by atoms with Gasteiger partial charge in [0.05, 0.1) is 0 Å². The monoisotopic (exact) mass is 265 g/mol. The molecule has 1 aromatic heterocycles. The van der Waals surface area contributed by atoms with Crippen LogP contribution in [-0.4, -0.2) is 6.54 Å². The Morgan fingerprint density at radius 1 is 1.24 bits per heavy atom. The van der Waals surface area contributed by atoms with E-state index in [2.05, 4.69) is 41.2 Å². The summed E-state index contributed by atoms with van der Waals surface area (Å²) < 4.78 is 0. The molecule has 0 radical (unpaired) electrons. The molecule has 0 fully saturated rings. The number of hydrogen-bond donors (Lipinski definition) is 1. The van der Waals surface area contributed by atoms with Crippen molar-refractivity contribution in [1.82, 2.24) is 5.32 Å². The highest BCUT2D eigenvalue weighted by Gasteiger charge is 2.04. The van der Waals surface area contributed by atoms with E-state index in [4.69, 9.17) is 11.6 Å². The van der Waals surface area contributed by atoms with Gasteiger partial charge in [-0.05, 0) is 58.6 Å². The molecule has 1 aromatic carbocycles. The van der Waals surface area contributed by atoms with Crippen molar-refractivity contribution in [2.24, 2.45) is 0 Å². The van der Waals surface area contributed by atoms with Gasteiger partial charge in [0.15, 0.2) is 0 Å². The summed E-state index contributed by atoms with van der Waals surface area (Å²) in [6.07, 6.45) is 1.14. The van der Waals surface area contributed by atoms with Gasteiger partial charge in [0.25, 0.3) is 0 Å². The Hall–Kier alpha value is -0.830. The van der Waals surface area contributed by atoms with Gasteiger partial charge >= 0.3 is 0 Å². The van der Waals surface area contributed by atoms with E-state index < -0.39 is 0 Å². The lowest BCUT2D eigenvalue weighted by Crippen LogP contribution is -2.14. The van der Waals surface area contributed by atoms with E-state index in [0.717, 1.165) is 24.5 Å². The molecule has 0 spiro atoms. The Labute approximate surface area is 111 Å². The van der Waals surface area contributed by atoms with Gasteiger partial charge in [-0.2, -0.15) is 11.3 Å². The molecule has 0 unspecified atom stereocenters. The zero-order chi connectivity index (χ0) is 12.1. The summed E-state index contributed by atoms with van der Waals surface area (Å²) >= 11 is 7.92. The van der Waals surface area contributed by atoms with Crippen LogP contribution in [0.2, 0.25) is 5.02 Å². The molecule has 2 aromatic rings. The first kappa shape index (κ1) is 12.6.